The van der Waals surface area contributed by atoms with Gasteiger partial charge in [0.1, 0.15) is 5.56 Å². The van der Waals surface area contributed by atoms with Crippen molar-refractivity contribution >= 4 is 11.6 Å². The van der Waals surface area contributed by atoms with Gasteiger partial charge in [-0.15, -0.1) is 0 Å². The van der Waals surface area contributed by atoms with E-state index in [4.69, 9.17) is 0 Å². The Bertz CT molecular complexity index is 860. The van der Waals surface area contributed by atoms with Crippen LogP contribution in [-0.4, -0.2) is 27.8 Å². The summed E-state index contributed by atoms with van der Waals surface area (Å²) >= 11 is 0. The molecule has 1 amide bonds. The number of hydrogen-bond donors (Lipinski definition) is 1. The monoisotopic (exact) mass is 355 g/mol. The van der Waals surface area contributed by atoms with Crippen molar-refractivity contribution in [3.63, 3.8) is 0 Å². The SMILES string of the molecule is CN(Cc1ccc(C(F)(F)F)cc1)C(=O)c1cc([N+](=O)[O-])c[nH]c1=O. The number of hydrogen-bond acceptors (Lipinski definition) is 4. The molecule has 0 saturated heterocycles. The number of nitrogens with one attached hydrogen (secondary N) is 1. The summed E-state index contributed by atoms with van der Waals surface area (Å²) in [5.74, 6) is -0.787. The molecule has 1 heterocycles. The molecule has 1 aromatic carbocycles. The highest BCUT2D eigenvalue weighted by atomic mass is 19.4. The van der Waals surface area contributed by atoms with E-state index in [0.717, 1.165) is 29.3 Å². The molecule has 7 nitrogen and oxygen atoms in total. The zero-order chi connectivity index (χ0) is 18.8. The number of rotatable bonds is 4. The number of H-pyrrole nitrogens is 1. The van der Waals surface area contributed by atoms with Crippen molar-refractivity contribution in [1.29, 1.82) is 0 Å². The molecule has 1 N–H and O–H groups in total. The van der Waals surface area contributed by atoms with E-state index in [1.807, 2.05) is 0 Å². The van der Waals surface area contributed by atoms with Crippen molar-refractivity contribution in [3.8, 4) is 0 Å². The van der Waals surface area contributed by atoms with Crippen LogP contribution in [0.15, 0.2) is 41.3 Å². The number of halogens is 3. The van der Waals surface area contributed by atoms with Crippen LogP contribution in [0.3, 0.4) is 0 Å². The van der Waals surface area contributed by atoms with Gasteiger partial charge in [0, 0.05) is 19.7 Å². The Morgan fingerprint density at radius 3 is 2.40 bits per heavy atom. The third-order valence-corrected chi connectivity index (χ3v) is 3.38. The van der Waals surface area contributed by atoms with Gasteiger partial charge >= 0.3 is 6.18 Å². The van der Waals surface area contributed by atoms with E-state index in [1.54, 1.807) is 0 Å². The number of carbonyl (C=O) groups excluding carboxylic acids is 1. The molecule has 10 heteroatoms. The summed E-state index contributed by atoms with van der Waals surface area (Å²) in [5, 5.41) is 10.7. The van der Waals surface area contributed by atoms with Crippen molar-refractivity contribution in [1.82, 2.24) is 9.88 Å². The number of amides is 1. The van der Waals surface area contributed by atoms with Gasteiger partial charge in [-0.3, -0.25) is 19.7 Å². The molecule has 0 aliphatic carbocycles. The van der Waals surface area contributed by atoms with Gasteiger partial charge in [-0.25, -0.2) is 0 Å². The Morgan fingerprint density at radius 1 is 1.28 bits per heavy atom. The highest BCUT2D eigenvalue weighted by molar-refractivity contribution is 5.94. The number of aromatic amines is 1. The predicted octanol–water partition coefficient (Wildman–Crippen LogP) is 2.57. The largest absolute Gasteiger partial charge is 0.416 e. The molecular weight excluding hydrogens is 343 g/mol. The first kappa shape index (κ1) is 18.2. The lowest BCUT2D eigenvalue weighted by Crippen LogP contribution is -2.31. The topological polar surface area (TPSA) is 96.3 Å². The van der Waals surface area contributed by atoms with Crippen LogP contribution in [-0.2, 0) is 12.7 Å². The molecule has 1 aromatic heterocycles. The molecule has 0 bridgehead atoms. The van der Waals surface area contributed by atoms with Crippen LogP contribution in [0.2, 0.25) is 0 Å². The van der Waals surface area contributed by atoms with E-state index in [9.17, 15) is 32.9 Å². The van der Waals surface area contributed by atoms with Gasteiger partial charge in [0.2, 0.25) is 0 Å². The third-order valence-electron chi connectivity index (χ3n) is 3.38. The number of nitrogens with zero attached hydrogens (tertiary/aromatic N) is 2. The fourth-order valence-corrected chi connectivity index (χ4v) is 2.09. The Balaban J connectivity index is 2.19. The number of carbonyl (C=O) groups is 1. The summed E-state index contributed by atoms with van der Waals surface area (Å²) in [7, 11) is 1.33. The predicted molar refractivity (Wildman–Crippen MR) is 81.0 cm³/mol. The molecule has 0 unspecified atom stereocenters. The second-order valence-electron chi connectivity index (χ2n) is 5.21. The third kappa shape index (κ3) is 4.22. The van der Waals surface area contributed by atoms with E-state index in [1.165, 1.54) is 19.2 Å². The van der Waals surface area contributed by atoms with E-state index >= 15 is 0 Å². The summed E-state index contributed by atoms with van der Waals surface area (Å²) in [4.78, 5) is 37.1. The Kier molecular flexibility index (Phi) is 4.91. The van der Waals surface area contributed by atoms with Crippen molar-refractivity contribution in [2.75, 3.05) is 7.05 Å². The lowest BCUT2D eigenvalue weighted by atomic mass is 10.1. The Hall–Kier alpha value is -3.17. The number of aromatic nitrogens is 1. The number of benzene rings is 1. The van der Waals surface area contributed by atoms with Gasteiger partial charge in [0.25, 0.3) is 17.2 Å². The number of alkyl halides is 3. The van der Waals surface area contributed by atoms with Crippen molar-refractivity contribution < 1.29 is 22.9 Å². The smallest absolute Gasteiger partial charge is 0.337 e. The second-order valence-corrected chi connectivity index (χ2v) is 5.21. The Morgan fingerprint density at radius 2 is 1.88 bits per heavy atom. The normalized spacial score (nSPS) is 11.2. The average Bonchev–Trinajstić information content (AvgIpc) is 2.54. The van der Waals surface area contributed by atoms with Crippen LogP contribution < -0.4 is 5.56 Å². The number of nitro groups is 1. The summed E-state index contributed by atoms with van der Waals surface area (Å²) in [6, 6.07) is 5.04. The Labute approximate surface area is 138 Å². The highest BCUT2D eigenvalue weighted by Gasteiger charge is 2.30. The van der Waals surface area contributed by atoms with Crippen LogP contribution in [0, 0.1) is 10.1 Å². The van der Waals surface area contributed by atoms with Crippen molar-refractivity contribution in [2.24, 2.45) is 0 Å². The first-order valence-electron chi connectivity index (χ1n) is 6.88. The molecule has 0 spiro atoms. The standard InChI is InChI=1S/C15H12F3N3O4/c1-20(8-9-2-4-10(5-3-9)15(16,17)18)14(23)12-6-11(21(24)25)7-19-13(12)22/h2-7H,8H2,1H3,(H,19,22). The van der Waals surface area contributed by atoms with Crippen LogP contribution in [0.5, 0.6) is 0 Å². The molecular formula is C15H12F3N3O4. The van der Waals surface area contributed by atoms with Gasteiger partial charge in [0.15, 0.2) is 0 Å². The maximum Gasteiger partial charge on any atom is 0.416 e. The minimum Gasteiger partial charge on any atom is -0.337 e. The number of pyridine rings is 1. The molecule has 25 heavy (non-hydrogen) atoms. The van der Waals surface area contributed by atoms with Crippen LogP contribution in [0.25, 0.3) is 0 Å². The molecule has 0 radical (unpaired) electrons. The quantitative estimate of drug-likeness (QED) is 0.673. The molecule has 132 valence electrons. The van der Waals surface area contributed by atoms with Gasteiger partial charge in [-0.05, 0) is 17.7 Å². The zero-order valence-corrected chi connectivity index (χ0v) is 12.8. The van der Waals surface area contributed by atoms with Crippen LogP contribution in [0.4, 0.5) is 18.9 Å². The zero-order valence-electron chi connectivity index (χ0n) is 12.8. The van der Waals surface area contributed by atoms with E-state index < -0.39 is 39.4 Å². The van der Waals surface area contributed by atoms with Crippen LogP contribution in [0.1, 0.15) is 21.5 Å². The van der Waals surface area contributed by atoms with E-state index in [2.05, 4.69) is 4.98 Å². The van der Waals surface area contributed by atoms with E-state index in [-0.39, 0.29) is 6.54 Å². The van der Waals surface area contributed by atoms with Crippen molar-refractivity contribution in [3.05, 3.63) is 73.7 Å². The highest BCUT2D eigenvalue weighted by Crippen LogP contribution is 2.29. The fraction of sp³-hybridized carbons (Fsp3) is 0.200. The summed E-state index contributed by atoms with van der Waals surface area (Å²) < 4.78 is 37.6. The van der Waals surface area contributed by atoms with Gasteiger partial charge < -0.3 is 9.88 Å². The van der Waals surface area contributed by atoms with Gasteiger partial charge in [-0.1, -0.05) is 12.1 Å². The molecule has 0 saturated carbocycles. The first-order valence-corrected chi connectivity index (χ1v) is 6.88. The lowest BCUT2D eigenvalue weighted by molar-refractivity contribution is -0.385. The molecule has 2 rings (SSSR count). The summed E-state index contributed by atoms with van der Waals surface area (Å²) in [6.07, 6.45) is -3.59. The first-order chi connectivity index (χ1) is 11.6. The lowest BCUT2D eigenvalue weighted by Gasteiger charge is -2.17. The molecule has 0 aliphatic heterocycles. The van der Waals surface area contributed by atoms with Crippen molar-refractivity contribution in [2.45, 2.75) is 12.7 Å². The van der Waals surface area contributed by atoms with Gasteiger partial charge in [-0.2, -0.15) is 13.2 Å². The molecule has 0 fully saturated rings. The minimum absolute atomic E-state index is 0.0703. The summed E-state index contributed by atoms with van der Waals surface area (Å²) in [5.41, 5.74) is -2.09. The maximum atomic E-state index is 12.5. The van der Waals surface area contributed by atoms with E-state index in [0.29, 0.717) is 5.56 Å². The van der Waals surface area contributed by atoms with Crippen LogP contribution >= 0.6 is 0 Å². The second kappa shape index (κ2) is 6.75. The molecule has 2 aromatic rings. The minimum atomic E-state index is -4.46. The molecule has 0 aliphatic rings. The summed E-state index contributed by atoms with van der Waals surface area (Å²) in [6.45, 7) is -0.0703. The molecule has 0 atom stereocenters. The fourth-order valence-electron chi connectivity index (χ4n) is 2.09. The average molecular weight is 355 g/mol. The maximum absolute atomic E-state index is 12.5. The van der Waals surface area contributed by atoms with Gasteiger partial charge in [0.05, 0.1) is 16.7 Å².